The van der Waals surface area contributed by atoms with Crippen molar-refractivity contribution < 1.29 is 23.2 Å². The number of ether oxygens (including phenoxy) is 1. The van der Waals surface area contributed by atoms with Crippen LogP contribution in [0.4, 0.5) is 5.69 Å². The molecule has 0 radical (unpaired) electrons. The number of hydrogen-bond donors (Lipinski definition) is 2. The van der Waals surface area contributed by atoms with E-state index in [2.05, 4.69) is 4.98 Å². The number of H-pyrrole nitrogens is 1. The van der Waals surface area contributed by atoms with Crippen molar-refractivity contribution in [1.82, 2.24) is 9.29 Å². The molecule has 0 saturated heterocycles. The number of rotatable bonds is 10. The number of nitrogens with zero attached hydrogens (tertiary/aromatic N) is 2. The summed E-state index contributed by atoms with van der Waals surface area (Å²) in [6, 6.07) is 12.1. The van der Waals surface area contributed by atoms with E-state index in [0.717, 1.165) is 23.0 Å². The Labute approximate surface area is 180 Å². The molecule has 0 spiro atoms. The first-order chi connectivity index (χ1) is 14.7. The summed E-state index contributed by atoms with van der Waals surface area (Å²) in [5.74, 6) is 0.598. The zero-order chi connectivity index (χ0) is 22.6. The molecule has 9 nitrogen and oxygen atoms in total. The van der Waals surface area contributed by atoms with E-state index in [4.69, 9.17) is 4.74 Å². The number of non-ortho nitro benzene ring substituents is 1. The van der Waals surface area contributed by atoms with Crippen LogP contribution in [0.5, 0.6) is 5.75 Å². The average molecular weight is 448 g/mol. The monoisotopic (exact) mass is 447 g/mol. The molecular weight excluding hydrogens is 422 g/mol. The van der Waals surface area contributed by atoms with Crippen LogP contribution >= 0.6 is 0 Å². The number of aliphatic hydroxyl groups is 1. The van der Waals surface area contributed by atoms with Gasteiger partial charge < -0.3 is 14.8 Å². The topological polar surface area (TPSA) is 126 Å². The highest BCUT2D eigenvalue weighted by Crippen LogP contribution is 2.25. The summed E-state index contributed by atoms with van der Waals surface area (Å²) in [6.45, 7) is 3.67. The van der Waals surface area contributed by atoms with Crippen LogP contribution in [0, 0.1) is 16.0 Å². The van der Waals surface area contributed by atoms with Crippen LogP contribution in [0.25, 0.3) is 10.9 Å². The third-order valence-electron chi connectivity index (χ3n) is 4.65. The fourth-order valence-corrected chi connectivity index (χ4v) is 4.86. The van der Waals surface area contributed by atoms with Gasteiger partial charge in [0.05, 0.1) is 9.82 Å². The fourth-order valence-electron chi connectivity index (χ4n) is 3.22. The Bertz CT molecular complexity index is 1140. The number of fused-ring (bicyclic) bond motifs is 1. The van der Waals surface area contributed by atoms with Crippen LogP contribution in [-0.4, -0.2) is 53.5 Å². The summed E-state index contributed by atoms with van der Waals surface area (Å²) in [7, 11) is -3.95. The molecule has 0 aliphatic heterocycles. The molecule has 31 heavy (non-hydrogen) atoms. The molecule has 0 aliphatic carbocycles. The van der Waals surface area contributed by atoms with E-state index in [0.29, 0.717) is 5.75 Å². The van der Waals surface area contributed by atoms with Gasteiger partial charge in [-0.1, -0.05) is 19.9 Å². The van der Waals surface area contributed by atoms with Crippen LogP contribution in [0.15, 0.2) is 59.6 Å². The van der Waals surface area contributed by atoms with Gasteiger partial charge in [0.15, 0.2) is 0 Å². The lowest BCUT2D eigenvalue weighted by Crippen LogP contribution is -2.41. The summed E-state index contributed by atoms with van der Waals surface area (Å²) in [5.41, 5.74) is 0.705. The predicted octanol–water partition coefficient (Wildman–Crippen LogP) is 3.16. The first kappa shape index (κ1) is 22.7. The molecule has 1 atom stereocenters. The van der Waals surface area contributed by atoms with Crippen molar-refractivity contribution >= 4 is 26.6 Å². The quantitative estimate of drug-likeness (QED) is 0.363. The minimum atomic E-state index is -3.95. The number of sulfonamides is 1. The predicted molar refractivity (Wildman–Crippen MR) is 116 cm³/mol. The van der Waals surface area contributed by atoms with E-state index in [1.165, 1.54) is 16.4 Å². The van der Waals surface area contributed by atoms with Crippen molar-refractivity contribution in [2.75, 3.05) is 19.7 Å². The Morgan fingerprint density at radius 1 is 1.13 bits per heavy atom. The van der Waals surface area contributed by atoms with Gasteiger partial charge in [-0.3, -0.25) is 10.1 Å². The van der Waals surface area contributed by atoms with Gasteiger partial charge in [0, 0.05) is 42.3 Å². The summed E-state index contributed by atoms with van der Waals surface area (Å²) in [4.78, 5) is 13.3. The minimum Gasteiger partial charge on any atom is -0.490 e. The molecule has 2 aromatic carbocycles. The molecule has 0 fully saturated rings. The second kappa shape index (κ2) is 9.46. The van der Waals surface area contributed by atoms with Crippen LogP contribution in [0.1, 0.15) is 13.8 Å². The lowest BCUT2D eigenvalue weighted by Gasteiger charge is -2.26. The normalized spacial score (nSPS) is 13.1. The number of nitro benzene ring substituents is 1. The first-order valence-corrected chi connectivity index (χ1v) is 11.2. The molecule has 3 rings (SSSR count). The van der Waals surface area contributed by atoms with E-state index < -0.39 is 21.1 Å². The summed E-state index contributed by atoms with van der Waals surface area (Å²) >= 11 is 0. The zero-order valence-electron chi connectivity index (χ0n) is 17.3. The zero-order valence-corrected chi connectivity index (χ0v) is 18.1. The molecule has 0 unspecified atom stereocenters. The maximum absolute atomic E-state index is 13.1. The third-order valence-corrected chi connectivity index (χ3v) is 6.50. The van der Waals surface area contributed by atoms with Crippen LogP contribution < -0.4 is 4.74 Å². The van der Waals surface area contributed by atoms with Crippen molar-refractivity contribution in [2.24, 2.45) is 5.92 Å². The van der Waals surface area contributed by atoms with E-state index in [1.54, 1.807) is 12.3 Å². The van der Waals surface area contributed by atoms with Gasteiger partial charge in [0.1, 0.15) is 18.5 Å². The van der Waals surface area contributed by atoms with Crippen molar-refractivity contribution in [2.45, 2.75) is 24.8 Å². The summed E-state index contributed by atoms with van der Waals surface area (Å²) in [6.07, 6.45) is 0.718. The van der Waals surface area contributed by atoms with Gasteiger partial charge in [0.25, 0.3) is 5.69 Å². The van der Waals surface area contributed by atoms with Crippen molar-refractivity contribution in [1.29, 1.82) is 0 Å². The van der Waals surface area contributed by atoms with E-state index in [9.17, 15) is 23.6 Å². The number of nitro groups is 1. The maximum atomic E-state index is 13.1. The number of aromatic nitrogens is 1. The average Bonchev–Trinajstić information content (AvgIpc) is 3.21. The highest BCUT2D eigenvalue weighted by atomic mass is 32.2. The fraction of sp³-hybridized carbons (Fsp3) is 0.333. The lowest BCUT2D eigenvalue weighted by molar-refractivity contribution is -0.384. The molecule has 0 amide bonds. The van der Waals surface area contributed by atoms with E-state index in [-0.39, 0.29) is 36.2 Å². The van der Waals surface area contributed by atoms with E-state index >= 15 is 0 Å². The standard InChI is InChI=1S/C21H25N3O6S/c1-15(2)12-23(31(28,29)18-8-6-16(7-9-18)24(26)27)13-17(25)14-30-21-5-3-4-20-19(21)10-11-22-20/h3-11,15,17,22,25H,12-14H2,1-2H3/t17-/m1/s1. The molecule has 1 heterocycles. The minimum absolute atomic E-state index is 0.00884. The maximum Gasteiger partial charge on any atom is 0.269 e. The highest BCUT2D eigenvalue weighted by Gasteiger charge is 2.28. The summed E-state index contributed by atoms with van der Waals surface area (Å²) < 4.78 is 33.1. The lowest BCUT2D eigenvalue weighted by atomic mass is 10.2. The van der Waals surface area contributed by atoms with Crippen LogP contribution in [0.3, 0.4) is 0 Å². The molecule has 10 heteroatoms. The van der Waals surface area contributed by atoms with Gasteiger partial charge in [-0.2, -0.15) is 4.31 Å². The molecule has 1 aromatic heterocycles. The molecular formula is C21H25N3O6S. The molecule has 166 valence electrons. The molecule has 3 aromatic rings. The Balaban J connectivity index is 1.73. The smallest absolute Gasteiger partial charge is 0.269 e. The largest absolute Gasteiger partial charge is 0.490 e. The Kier molecular flexibility index (Phi) is 6.94. The van der Waals surface area contributed by atoms with E-state index in [1.807, 2.05) is 32.0 Å². The Morgan fingerprint density at radius 3 is 2.48 bits per heavy atom. The third kappa shape index (κ3) is 5.40. The Morgan fingerprint density at radius 2 is 1.84 bits per heavy atom. The second-order valence-corrected chi connectivity index (χ2v) is 9.56. The second-order valence-electron chi connectivity index (χ2n) is 7.63. The molecule has 0 saturated carbocycles. The van der Waals surface area contributed by atoms with Gasteiger partial charge in [-0.15, -0.1) is 0 Å². The number of aromatic amines is 1. The molecule has 0 bridgehead atoms. The molecule has 2 N–H and O–H groups in total. The number of aliphatic hydroxyl groups excluding tert-OH is 1. The number of hydrogen-bond acceptors (Lipinski definition) is 6. The van der Waals surface area contributed by atoms with Gasteiger partial charge >= 0.3 is 0 Å². The number of nitrogens with one attached hydrogen (secondary N) is 1. The highest BCUT2D eigenvalue weighted by molar-refractivity contribution is 7.89. The Hall–Kier alpha value is -2.95. The first-order valence-electron chi connectivity index (χ1n) is 9.80. The van der Waals surface area contributed by atoms with Crippen LogP contribution in [-0.2, 0) is 10.0 Å². The van der Waals surface area contributed by atoms with Crippen molar-refractivity contribution in [3.05, 3.63) is 64.8 Å². The van der Waals surface area contributed by atoms with Crippen LogP contribution in [0.2, 0.25) is 0 Å². The SMILES string of the molecule is CC(C)CN(C[C@@H](O)COc1cccc2[nH]ccc12)S(=O)(=O)c1ccc([N+](=O)[O-])cc1. The van der Waals surface area contributed by atoms with Crippen molar-refractivity contribution in [3.8, 4) is 5.75 Å². The molecule has 0 aliphatic rings. The van der Waals surface area contributed by atoms with Gasteiger partial charge in [-0.25, -0.2) is 8.42 Å². The van der Waals surface area contributed by atoms with Crippen molar-refractivity contribution in [3.63, 3.8) is 0 Å². The number of benzene rings is 2. The van der Waals surface area contributed by atoms with Gasteiger partial charge in [-0.05, 0) is 36.2 Å². The summed E-state index contributed by atoms with van der Waals surface area (Å²) in [5, 5.41) is 22.2. The van der Waals surface area contributed by atoms with Gasteiger partial charge in [0.2, 0.25) is 10.0 Å².